The Hall–Kier alpha value is -2.67. The van der Waals surface area contributed by atoms with E-state index < -0.39 is 0 Å². The number of hydrogen-bond donors (Lipinski definition) is 0. The molecule has 0 N–H and O–H groups in total. The third-order valence-electron chi connectivity index (χ3n) is 4.57. The predicted molar refractivity (Wildman–Crippen MR) is 108 cm³/mol. The molecule has 0 amide bonds. The highest BCUT2D eigenvalue weighted by Gasteiger charge is 2.12. The van der Waals surface area contributed by atoms with E-state index in [1.165, 1.54) is 11.1 Å². The molecule has 0 aromatic heterocycles. The fraction of sp³-hybridized carbons (Fsp3) is 0.208. The molecule has 0 saturated heterocycles. The van der Waals surface area contributed by atoms with E-state index in [0.29, 0.717) is 5.92 Å². The Morgan fingerprint density at radius 1 is 1.04 bits per heavy atom. The van der Waals surface area contributed by atoms with Crippen molar-refractivity contribution >= 4 is 5.71 Å². The molecule has 3 rings (SSSR count). The van der Waals surface area contributed by atoms with Crippen molar-refractivity contribution < 1.29 is 0 Å². The van der Waals surface area contributed by atoms with Crippen LogP contribution in [0.4, 0.5) is 0 Å². The summed E-state index contributed by atoms with van der Waals surface area (Å²) in [4.78, 5) is 4.97. The highest BCUT2D eigenvalue weighted by atomic mass is 14.8. The third kappa shape index (κ3) is 4.06. The highest BCUT2D eigenvalue weighted by molar-refractivity contribution is 6.14. The number of benzene rings is 2. The molecule has 2 aromatic carbocycles. The molecule has 126 valence electrons. The van der Waals surface area contributed by atoms with Crippen molar-refractivity contribution in [2.24, 2.45) is 10.9 Å². The van der Waals surface area contributed by atoms with E-state index in [0.717, 1.165) is 34.5 Å². The predicted octanol–water partition coefficient (Wildman–Crippen LogP) is 6.18. The van der Waals surface area contributed by atoms with Gasteiger partial charge in [-0.25, -0.2) is 4.99 Å². The zero-order valence-corrected chi connectivity index (χ0v) is 15.3. The first-order valence-electron chi connectivity index (χ1n) is 8.84. The van der Waals surface area contributed by atoms with E-state index in [9.17, 15) is 0 Å². The highest BCUT2D eigenvalue weighted by Crippen LogP contribution is 2.24. The Balaban J connectivity index is 2.08. The third-order valence-corrected chi connectivity index (χ3v) is 4.57. The van der Waals surface area contributed by atoms with E-state index in [4.69, 9.17) is 4.99 Å². The van der Waals surface area contributed by atoms with Crippen LogP contribution in [-0.2, 0) is 0 Å². The van der Waals surface area contributed by atoms with Gasteiger partial charge < -0.3 is 0 Å². The van der Waals surface area contributed by atoms with Gasteiger partial charge in [0.2, 0.25) is 0 Å². The zero-order chi connectivity index (χ0) is 17.8. The molecule has 25 heavy (non-hydrogen) atoms. The summed E-state index contributed by atoms with van der Waals surface area (Å²) in [7, 11) is 0. The smallest absolute Gasteiger partial charge is 0.0784 e. The molecular formula is C24H25N. The van der Waals surface area contributed by atoms with Crippen LogP contribution in [0.2, 0.25) is 0 Å². The Bertz CT molecular complexity index is 863. The van der Waals surface area contributed by atoms with Gasteiger partial charge in [0.25, 0.3) is 0 Å². The topological polar surface area (TPSA) is 12.4 Å². The quantitative estimate of drug-likeness (QED) is 0.595. The minimum Gasteiger partial charge on any atom is -0.248 e. The van der Waals surface area contributed by atoms with Crippen LogP contribution in [-0.4, -0.2) is 5.71 Å². The minimum absolute atomic E-state index is 0.535. The molecule has 0 aliphatic heterocycles. The number of rotatable bonds is 4. The molecule has 0 spiro atoms. The van der Waals surface area contributed by atoms with Crippen molar-refractivity contribution in [2.45, 2.75) is 27.2 Å². The average molecular weight is 327 g/mol. The molecule has 1 heteroatoms. The molecule has 1 atom stereocenters. The van der Waals surface area contributed by atoms with Crippen molar-refractivity contribution in [3.63, 3.8) is 0 Å². The van der Waals surface area contributed by atoms with Crippen molar-refractivity contribution in [3.8, 4) is 0 Å². The molecule has 0 radical (unpaired) electrons. The largest absolute Gasteiger partial charge is 0.248 e. The van der Waals surface area contributed by atoms with Crippen LogP contribution in [0.1, 0.15) is 35.6 Å². The van der Waals surface area contributed by atoms with Gasteiger partial charge in [0, 0.05) is 11.1 Å². The number of hydrogen-bond acceptors (Lipinski definition) is 1. The summed E-state index contributed by atoms with van der Waals surface area (Å²) in [6, 6.07) is 16.9. The summed E-state index contributed by atoms with van der Waals surface area (Å²) in [5.41, 5.74) is 7.67. The molecule has 0 bridgehead atoms. The summed E-state index contributed by atoms with van der Waals surface area (Å²) >= 11 is 0. The molecule has 0 saturated carbocycles. The maximum Gasteiger partial charge on any atom is 0.0784 e. The second-order valence-corrected chi connectivity index (χ2v) is 6.83. The van der Waals surface area contributed by atoms with Gasteiger partial charge in [-0.3, -0.25) is 0 Å². The zero-order valence-electron chi connectivity index (χ0n) is 15.3. The van der Waals surface area contributed by atoms with Gasteiger partial charge >= 0.3 is 0 Å². The van der Waals surface area contributed by atoms with E-state index in [1.807, 2.05) is 0 Å². The van der Waals surface area contributed by atoms with Crippen LogP contribution in [0.5, 0.6) is 0 Å². The van der Waals surface area contributed by atoms with E-state index in [2.05, 4.69) is 94.1 Å². The van der Waals surface area contributed by atoms with E-state index in [1.54, 1.807) is 0 Å². The molecular weight excluding hydrogens is 302 g/mol. The molecule has 0 fully saturated rings. The monoisotopic (exact) mass is 327 g/mol. The lowest BCUT2D eigenvalue weighted by molar-refractivity contribution is 0.730. The number of aliphatic imine (C=N–C) groups is 1. The van der Waals surface area contributed by atoms with Crippen molar-refractivity contribution in [1.29, 1.82) is 0 Å². The van der Waals surface area contributed by atoms with Crippen LogP contribution in [0, 0.1) is 19.8 Å². The summed E-state index contributed by atoms with van der Waals surface area (Å²) in [5, 5.41) is 0. The number of nitrogens with zero attached hydrogens (tertiary/aromatic N) is 1. The van der Waals surface area contributed by atoms with Crippen LogP contribution < -0.4 is 0 Å². The van der Waals surface area contributed by atoms with Crippen molar-refractivity contribution in [1.82, 2.24) is 0 Å². The molecule has 1 aliphatic rings. The number of aryl methyl sites for hydroxylation is 2. The normalized spacial score (nSPS) is 17.3. The van der Waals surface area contributed by atoms with Gasteiger partial charge in [-0.15, -0.1) is 0 Å². The lowest BCUT2D eigenvalue weighted by Crippen LogP contribution is -2.07. The summed E-state index contributed by atoms with van der Waals surface area (Å²) < 4.78 is 0. The molecule has 2 aromatic rings. The maximum absolute atomic E-state index is 4.97. The van der Waals surface area contributed by atoms with Crippen LogP contribution >= 0.6 is 0 Å². The Morgan fingerprint density at radius 2 is 1.76 bits per heavy atom. The van der Waals surface area contributed by atoms with Gasteiger partial charge in [0.15, 0.2) is 0 Å². The average Bonchev–Trinajstić information content (AvgIpc) is 2.61. The first-order valence-corrected chi connectivity index (χ1v) is 8.84. The number of allylic oxidation sites excluding steroid dienone is 3. The fourth-order valence-electron chi connectivity index (χ4n) is 3.06. The fourth-order valence-corrected chi connectivity index (χ4v) is 3.06. The van der Waals surface area contributed by atoms with Gasteiger partial charge in [-0.1, -0.05) is 85.8 Å². The van der Waals surface area contributed by atoms with Crippen molar-refractivity contribution in [3.05, 3.63) is 107 Å². The lowest BCUT2D eigenvalue weighted by atomic mass is 9.95. The van der Waals surface area contributed by atoms with E-state index in [-0.39, 0.29) is 0 Å². The van der Waals surface area contributed by atoms with Crippen LogP contribution in [0.25, 0.3) is 0 Å². The standard InChI is InChI=1S/C24H25N/c1-17-12-14-21(15-13-17)24(23-11-6-5-9-19(23)3)25-20(4)22-10-7-8-18(2)16-22/h5-7,9-16,18H,4,8H2,1-3H3. The lowest BCUT2D eigenvalue weighted by Gasteiger charge is -2.15. The SMILES string of the molecule is C=C(N=C(c1ccc(C)cc1)c1ccccc1C)C1=CC(C)CC=C1. The van der Waals surface area contributed by atoms with Crippen molar-refractivity contribution in [2.75, 3.05) is 0 Å². The van der Waals surface area contributed by atoms with Crippen LogP contribution in [0.15, 0.2) is 89.6 Å². The molecule has 0 heterocycles. The maximum atomic E-state index is 4.97. The Kier molecular flexibility index (Phi) is 5.14. The van der Waals surface area contributed by atoms with Gasteiger partial charge in [0.1, 0.15) is 0 Å². The second-order valence-electron chi connectivity index (χ2n) is 6.83. The summed E-state index contributed by atoms with van der Waals surface area (Å²) in [6.45, 7) is 10.7. The minimum atomic E-state index is 0.535. The summed E-state index contributed by atoms with van der Waals surface area (Å²) in [5.74, 6) is 0.535. The Morgan fingerprint density at radius 3 is 2.44 bits per heavy atom. The molecule has 1 unspecified atom stereocenters. The second kappa shape index (κ2) is 7.48. The van der Waals surface area contributed by atoms with Gasteiger partial charge in [-0.05, 0) is 37.3 Å². The van der Waals surface area contributed by atoms with E-state index >= 15 is 0 Å². The Labute approximate surface area is 151 Å². The first-order chi connectivity index (χ1) is 12.0. The summed E-state index contributed by atoms with van der Waals surface area (Å²) in [6.07, 6.45) is 7.69. The van der Waals surface area contributed by atoms with Gasteiger partial charge in [0.05, 0.1) is 11.4 Å². The molecule has 1 nitrogen and oxygen atoms in total. The molecule has 1 aliphatic carbocycles. The van der Waals surface area contributed by atoms with Crippen LogP contribution in [0.3, 0.4) is 0 Å². The van der Waals surface area contributed by atoms with Gasteiger partial charge in [-0.2, -0.15) is 0 Å². The first kappa shape index (κ1) is 17.2.